The average molecular weight is 304 g/mol. The van der Waals surface area contributed by atoms with Crippen LogP contribution in [0.15, 0.2) is 47.5 Å². The zero-order chi connectivity index (χ0) is 16.4. The van der Waals surface area contributed by atoms with Crippen molar-refractivity contribution in [2.45, 2.75) is 6.92 Å². The fourth-order valence-corrected chi connectivity index (χ4v) is 2.37. The predicted octanol–water partition coefficient (Wildman–Crippen LogP) is 2.22. The van der Waals surface area contributed by atoms with E-state index in [1.807, 2.05) is 6.92 Å². The molecule has 6 nitrogen and oxygen atoms in total. The monoisotopic (exact) mass is 304 g/mol. The van der Waals surface area contributed by atoms with Crippen molar-refractivity contribution in [1.82, 2.24) is 14.8 Å². The van der Waals surface area contributed by atoms with Gasteiger partial charge in [0.25, 0.3) is 5.56 Å². The zero-order valence-electron chi connectivity index (χ0n) is 12.3. The van der Waals surface area contributed by atoms with Crippen molar-refractivity contribution >= 4 is 6.29 Å². The topological polar surface area (TPSA) is 91.5 Å². The van der Waals surface area contributed by atoms with E-state index in [9.17, 15) is 9.59 Å². The van der Waals surface area contributed by atoms with E-state index >= 15 is 0 Å². The maximum absolute atomic E-state index is 12.6. The van der Waals surface area contributed by atoms with Crippen molar-refractivity contribution in [3.63, 3.8) is 0 Å². The molecule has 0 aliphatic rings. The van der Waals surface area contributed by atoms with E-state index in [-0.39, 0.29) is 5.56 Å². The van der Waals surface area contributed by atoms with Crippen molar-refractivity contribution in [2.75, 3.05) is 0 Å². The molecule has 0 atom stereocenters. The Morgan fingerprint density at radius 1 is 1.26 bits per heavy atom. The van der Waals surface area contributed by atoms with E-state index in [2.05, 4.69) is 16.2 Å². The molecule has 0 bridgehead atoms. The molecule has 0 spiro atoms. The van der Waals surface area contributed by atoms with Crippen LogP contribution in [0.5, 0.6) is 0 Å². The third-order valence-electron chi connectivity index (χ3n) is 3.55. The van der Waals surface area contributed by atoms with Gasteiger partial charge in [-0.05, 0) is 42.3 Å². The van der Waals surface area contributed by atoms with Crippen LogP contribution < -0.4 is 5.56 Å². The smallest absolute Gasteiger partial charge is 0.280 e. The second-order valence-electron chi connectivity index (χ2n) is 5.04. The second-order valence-corrected chi connectivity index (χ2v) is 5.04. The number of hydrogen-bond donors (Lipinski definition) is 1. The quantitative estimate of drug-likeness (QED) is 0.751. The Labute approximate surface area is 131 Å². The third-order valence-corrected chi connectivity index (χ3v) is 3.55. The second kappa shape index (κ2) is 5.73. The Hall–Kier alpha value is -3.46. The van der Waals surface area contributed by atoms with E-state index in [0.717, 1.165) is 11.1 Å². The van der Waals surface area contributed by atoms with Crippen molar-refractivity contribution in [3.05, 3.63) is 69.8 Å². The summed E-state index contributed by atoms with van der Waals surface area (Å²) in [6.45, 7) is 1.85. The Morgan fingerprint density at radius 3 is 2.70 bits per heavy atom. The van der Waals surface area contributed by atoms with Crippen LogP contribution in [0.3, 0.4) is 0 Å². The lowest BCUT2D eigenvalue weighted by atomic mass is 10.0. The Bertz CT molecular complexity index is 975. The number of carbonyl (C=O) groups is 1. The molecule has 0 unspecified atom stereocenters. The van der Waals surface area contributed by atoms with Gasteiger partial charge in [0, 0.05) is 18.0 Å². The van der Waals surface area contributed by atoms with Crippen LogP contribution in [-0.4, -0.2) is 21.1 Å². The number of hydrogen-bond acceptors (Lipinski definition) is 4. The maximum atomic E-state index is 12.6. The molecule has 0 aliphatic heterocycles. The molecule has 3 rings (SSSR count). The van der Waals surface area contributed by atoms with Gasteiger partial charge in [0.1, 0.15) is 0 Å². The maximum Gasteiger partial charge on any atom is 0.280 e. The molecule has 3 aromatic rings. The SMILES string of the molecule is Cc1cc(C#N)ccc1-c1c[nH]n(-c2ccc(C=O)cn2)c1=O. The lowest BCUT2D eigenvalue weighted by Crippen LogP contribution is -2.17. The summed E-state index contributed by atoms with van der Waals surface area (Å²) in [4.78, 5) is 27.3. The molecule has 0 saturated heterocycles. The number of aromatic nitrogens is 3. The molecule has 0 aliphatic carbocycles. The number of H-pyrrole nitrogens is 1. The molecule has 112 valence electrons. The molecule has 23 heavy (non-hydrogen) atoms. The minimum absolute atomic E-state index is 0.246. The van der Waals surface area contributed by atoms with Crippen LogP contribution in [0.25, 0.3) is 16.9 Å². The highest BCUT2D eigenvalue weighted by atomic mass is 16.1. The number of aromatic amines is 1. The van der Waals surface area contributed by atoms with Gasteiger partial charge in [-0.3, -0.25) is 14.7 Å². The first-order chi connectivity index (χ1) is 11.1. The van der Waals surface area contributed by atoms with E-state index in [1.54, 1.807) is 36.5 Å². The number of aldehydes is 1. The van der Waals surface area contributed by atoms with Gasteiger partial charge in [-0.25, -0.2) is 9.67 Å². The van der Waals surface area contributed by atoms with Crippen molar-refractivity contribution in [2.24, 2.45) is 0 Å². The van der Waals surface area contributed by atoms with Crippen LogP contribution in [-0.2, 0) is 0 Å². The summed E-state index contributed by atoms with van der Waals surface area (Å²) in [6.07, 6.45) is 3.70. The standard InChI is InChI=1S/C17H12N4O2/c1-11-6-12(7-18)2-4-14(11)15-9-20-21(17(15)23)16-5-3-13(10-22)8-19-16/h2-6,8-10,20H,1H3. The molecule has 0 radical (unpaired) electrons. The van der Waals surface area contributed by atoms with Gasteiger partial charge < -0.3 is 0 Å². The number of nitrogens with one attached hydrogen (secondary N) is 1. The molecule has 2 aromatic heterocycles. The lowest BCUT2D eigenvalue weighted by molar-refractivity contribution is 0.112. The minimum Gasteiger partial charge on any atom is -0.298 e. The number of nitrogens with zero attached hydrogens (tertiary/aromatic N) is 3. The van der Waals surface area contributed by atoms with Gasteiger partial charge >= 0.3 is 0 Å². The normalized spacial score (nSPS) is 10.3. The Balaban J connectivity index is 2.07. The Morgan fingerprint density at radius 2 is 2.09 bits per heavy atom. The van der Waals surface area contributed by atoms with Crippen LogP contribution in [0.2, 0.25) is 0 Å². The highest BCUT2D eigenvalue weighted by molar-refractivity contribution is 5.74. The van der Waals surface area contributed by atoms with Crippen LogP contribution >= 0.6 is 0 Å². The first kappa shape index (κ1) is 14.5. The number of rotatable bonds is 3. The summed E-state index contributed by atoms with van der Waals surface area (Å²) in [5, 5.41) is 11.8. The van der Waals surface area contributed by atoms with Crippen LogP contribution in [0, 0.1) is 18.3 Å². The summed E-state index contributed by atoms with van der Waals surface area (Å²) >= 11 is 0. The van der Waals surface area contributed by atoms with Gasteiger partial charge in [-0.1, -0.05) is 6.07 Å². The highest BCUT2D eigenvalue weighted by Crippen LogP contribution is 2.21. The van der Waals surface area contributed by atoms with E-state index in [0.29, 0.717) is 28.8 Å². The largest absolute Gasteiger partial charge is 0.298 e. The van der Waals surface area contributed by atoms with Gasteiger partial charge in [0.15, 0.2) is 12.1 Å². The summed E-state index contributed by atoms with van der Waals surface area (Å²) < 4.78 is 1.31. The predicted molar refractivity (Wildman–Crippen MR) is 84.5 cm³/mol. The first-order valence-corrected chi connectivity index (χ1v) is 6.87. The summed E-state index contributed by atoms with van der Waals surface area (Å²) in [5.74, 6) is 0.401. The van der Waals surface area contributed by atoms with Crippen molar-refractivity contribution in [1.29, 1.82) is 5.26 Å². The average Bonchev–Trinajstić information content (AvgIpc) is 2.96. The number of aryl methyl sites for hydroxylation is 1. The van der Waals surface area contributed by atoms with Crippen LogP contribution in [0.1, 0.15) is 21.5 Å². The molecular weight excluding hydrogens is 292 g/mol. The van der Waals surface area contributed by atoms with Gasteiger partial charge in [-0.15, -0.1) is 0 Å². The fourth-order valence-electron chi connectivity index (χ4n) is 2.37. The number of nitriles is 1. The molecule has 1 N–H and O–H groups in total. The third kappa shape index (κ3) is 2.56. The van der Waals surface area contributed by atoms with Crippen LogP contribution in [0.4, 0.5) is 0 Å². The molecule has 0 amide bonds. The molecule has 0 fully saturated rings. The van der Waals surface area contributed by atoms with E-state index < -0.39 is 0 Å². The summed E-state index contributed by atoms with van der Waals surface area (Å²) in [7, 11) is 0. The first-order valence-electron chi connectivity index (χ1n) is 6.87. The van der Waals surface area contributed by atoms with Gasteiger partial charge in [0.05, 0.1) is 17.2 Å². The minimum atomic E-state index is -0.246. The van der Waals surface area contributed by atoms with E-state index in [4.69, 9.17) is 5.26 Å². The van der Waals surface area contributed by atoms with Gasteiger partial charge in [-0.2, -0.15) is 5.26 Å². The van der Waals surface area contributed by atoms with Crippen molar-refractivity contribution < 1.29 is 4.79 Å². The van der Waals surface area contributed by atoms with E-state index in [1.165, 1.54) is 10.9 Å². The van der Waals surface area contributed by atoms with Gasteiger partial charge in [0.2, 0.25) is 0 Å². The molecule has 1 aromatic carbocycles. The lowest BCUT2D eigenvalue weighted by Gasteiger charge is -2.03. The Kier molecular flexibility index (Phi) is 3.61. The number of carbonyl (C=O) groups excluding carboxylic acids is 1. The highest BCUT2D eigenvalue weighted by Gasteiger charge is 2.13. The molecule has 2 heterocycles. The fraction of sp³-hybridized carbons (Fsp3) is 0.0588. The summed E-state index contributed by atoms with van der Waals surface area (Å²) in [5.41, 5.74) is 2.84. The molecule has 0 saturated carbocycles. The summed E-state index contributed by atoms with van der Waals surface area (Å²) in [6, 6.07) is 10.4. The molecule has 6 heteroatoms. The van der Waals surface area contributed by atoms with Crippen molar-refractivity contribution in [3.8, 4) is 23.0 Å². The molecular formula is C17H12N4O2. The number of pyridine rings is 1. The zero-order valence-corrected chi connectivity index (χ0v) is 12.3. The number of benzene rings is 1.